The Bertz CT molecular complexity index is 431. The lowest BCUT2D eigenvalue weighted by Gasteiger charge is -2.37. The van der Waals surface area contributed by atoms with E-state index in [4.69, 9.17) is 10.5 Å². The molecule has 3 heteroatoms. The van der Waals surface area contributed by atoms with E-state index in [-0.39, 0.29) is 6.10 Å². The Labute approximate surface area is 116 Å². The van der Waals surface area contributed by atoms with Gasteiger partial charge in [0.05, 0.1) is 5.69 Å². The lowest BCUT2D eigenvalue weighted by atomic mass is 9.75. The number of aryl methyl sites for hydroxylation is 1. The molecule has 1 saturated carbocycles. The maximum absolute atomic E-state index is 6.18. The third-order valence-electron chi connectivity index (χ3n) is 4.25. The molecule has 2 N–H and O–H groups in total. The van der Waals surface area contributed by atoms with Crippen molar-refractivity contribution in [2.45, 2.75) is 53.1 Å². The van der Waals surface area contributed by atoms with Crippen LogP contribution in [0.4, 0.5) is 5.69 Å². The molecule has 0 aliphatic heterocycles. The van der Waals surface area contributed by atoms with Gasteiger partial charge in [-0.2, -0.15) is 0 Å². The van der Waals surface area contributed by atoms with Crippen molar-refractivity contribution in [2.75, 3.05) is 5.73 Å². The summed E-state index contributed by atoms with van der Waals surface area (Å²) in [7, 11) is 0. The number of anilines is 1. The molecule has 3 atom stereocenters. The van der Waals surface area contributed by atoms with E-state index in [9.17, 15) is 0 Å². The van der Waals surface area contributed by atoms with Gasteiger partial charge < -0.3 is 10.5 Å². The van der Waals surface area contributed by atoms with Crippen LogP contribution >= 0.6 is 0 Å². The van der Waals surface area contributed by atoms with Crippen LogP contribution in [-0.4, -0.2) is 11.1 Å². The Morgan fingerprint density at radius 3 is 2.74 bits per heavy atom. The SMILES string of the molecule is Cc1ccc(N)c(OC2CC(C)CCC2C(C)C)n1. The van der Waals surface area contributed by atoms with Crippen molar-refractivity contribution in [3.63, 3.8) is 0 Å². The van der Waals surface area contributed by atoms with Crippen LogP contribution in [0.2, 0.25) is 0 Å². The summed E-state index contributed by atoms with van der Waals surface area (Å²) in [4.78, 5) is 4.44. The largest absolute Gasteiger partial charge is 0.473 e. The molecule has 1 heterocycles. The van der Waals surface area contributed by atoms with E-state index in [0.717, 1.165) is 18.0 Å². The molecule has 1 aliphatic carbocycles. The van der Waals surface area contributed by atoms with Crippen molar-refractivity contribution >= 4 is 5.69 Å². The number of nitrogen functional groups attached to an aromatic ring is 1. The number of rotatable bonds is 3. The van der Waals surface area contributed by atoms with Gasteiger partial charge in [-0.15, -0.1) is 0 Å². The van der Waals surface area contributed by atoms with Crippen LogP contribution in [0.1, 0.15) is 45.7 Å². The Hall–Kier alpha value is -1.25. The lowest BCUT2D eigenvalue weighted by Crippen LogP contribution is -2.36. The standard InChI is InChI=1S/C16H26N2O/c1-10(2)13-7-5-11(3)9-15(13)19-16-14(17)8-6-12(4)18-16/h6,8,10-11,13,15H,5,7,9,17H2,1-4H3. The molecular formula is C16H26N2O. The Morgan fingerprint density at radius 2 is 2.05 bits per heavy atom. The van der Waals surface area contributed by atoms with Gasteiger partial charge >= 0.3 is 0 Å². The minimum atomic E-state index is 0.250. The number of aromatic nitrogens is 1. The summed E-state index contributed by atoms with van der Waals surface area (Å²) in [6.45, 7) is 8.84. The molecule has 1 aromatic rings. The molecule has 106 valence electrons. The van der Waals surface area contributed by atoms with Crippen LogP contribution in [0.15, 0.2) is 12.1 Å². The molecule has 3 unspecified atom stereocenters. The highest BCUT2D eigenvalue weighted by atomic mass is 16.5. The Balaban J connectivity index is 2.16. The van der Waals surface area contributed by atoms with Gasteiger partial charge in [0.15, 0.2) is 0 Å². The minimum absolute atomic E-state index is 0.250. The average Bonchev–Trinajstić information content (AvgIpc) is 2.33. The quantitative estimate of drug-likeness (QED) is 0.901. The van der Waals surface area contributed by atoms with Gasteiger partial charge in [0.25, 0.3) is 0 Å². The molecule has 0 aromatic carbocycles. The fourth-order valence-corrected chi connectivity index (χ4v) is 3.03. The maximum atomic E-state index is 6.18. The maximum Gasteiger partial charge on any atom is 0.237 e. The zero-order valence-electron chi connectivity index (χ0n) is 12.5. The molecule has 19 heavy (non-hydrogen) atoms. The van der Waals surface area contributed by atoms with E-state index in [0.29, 0.717) is 23.4 Å². The second-order valence-electron chi connectivity index (χ2n) is 6.33. The smallest absolute Gasteiger partial charge is 0.237 e. The Morgan fingerprint density at radius 1 is 1.32 bits per heavy atom. The highest BCUT2D eigenvalue weighted by Gasteiger charge is 2.32. The predicted octanol–water partition coefficient (Wildman–Crippen LogP) is 3.81. The highest BCUT2D eigenvalue weighted by molar-refractivity contribution is 5.48. The van der Waals surface area contributed by atoms with E-state index < -0.39 is 0 Å². The van der Waals surface area contributed by atoms with Crippen LogP contribution in [0, 0.1) is 24.7 Å². The highest BCUT2D eigenvalue weighted by Crippen LogP contribution is 2.36. The van der Waals surface area contributed by atoms with Gasteiger partial charge in [0.1, 0.15) is 6.10 Å². The zero-order chi connectivity index (χ0) is 14.0. The van der Waals surface area contributed by atoms with E-state index in [1.165, 1.54) is 12.8 Å². The van der Waals surface area contributed by atoms with E-state index >= 15 is 0 Å². The number of ether oxygens (including phenoxy) is 1. The number of nitrogens with two attached hydrogens (primary N) is 1. The average molecular weight is 262 g/mol. The van der Waals surface area contributed by atoms with Crippen molar-refractivity contribution in [3.8, 4) is 5.88 Å². The first kappa shape index (κ1) is 14.2. The summed E-state index contributed by atoms with van der Waals surface area (Å²) in [5, 5.41) is 0. The summed E-state index contributed by atoms with van der Waals surface area (Å²) in [6.07, 6.45) is 3.91. The molecule has 1 fully saturated rings. The zero-order valence-corrected chi connectivity index (χ0v) is 12.5. The first-order valence-electron chi connectivity index (χ1n) is 7.37. The van der Waals surface area contributed by atoms with E-state index in [1.807, 2.05) is 19.1 Å². The van der Waals surface area contributed by atoms with Gasteiger partial charge in [0, 0.05) is 5.69 Å². The van der Waals surface area contributed by atoms with Crippen molar-refractivity contribution in [1.82, 2.24) is 4.98 Å². The number of nitrogens with zero attached hydrogens (tertiary/aromatic N) is 1. The molecule has 2 rings (SSSR count). The summed E-state index contributed by atoms with van der Waals surface area (Å²) >= 11 is 0. The third kappa shape index (κ3) is 3.40. The van der Waals surface area contributed by atoms with Gasteiger partial charge in [-0.1, -0.05) is 27.2 Å². The first-order chi connectivity index (χ1) is 8.97. The van der Waals surface area contributed by atoms with E-state index in [2.05, 4.69) is 25.8 Å². The second-order valence-corrected chi connectivity index (χ2v) is 6.33. The number of hydrogen-bond acceptors (Lipinski definition) is 3. The molecule has 1 aromatic heterocycles. The second kappa shape index (κ2) is 5.81. The van der Waals surface area contributed by atoms with E-state index in [1.54, 1.807) is 0 Å². The molecule has 0 saturated heterocycles. The fraction of sp³-hybridized carbons (Fsp3) is 0.688. The first-order valence-corrected chi connectivity index (χ1v) is 7.37. The summed E-state index contributed by atoms with van der Waals surface area (Å²) in [5.41, 5.74) is 7.57. The van der Waals surface area contributed by atoms with Gasteiger partial charge in [0.2, 0.25) is 5.88 Å². The predicted molar refractivity (Wildman–Crippen MR) is 79.1 cm³/mol. The molecule has 0 bridgehead atoms. The van der Waals surface area contributed by atoms with Crippen molar-refractivity contribution in [2.24, 2.45) is 17.8 Å². The molecule has 0 spiro atoms. The molecular weight excluding hydrogens is 236 g/mol. The molecule has 1 aliphatic rings. The lowest BCUT2D eigenvalue weighted by molar-refractivity contribution is 0.0431. The summed E-state index contributed by atoms with van der Waals surface area (Å²) in [5.74, 6) is 2.59. The van der Waals surface area contributed by atoms with Crippen LogP contribution in [0.5, 0.6) is 5.88 Å². The van der Waals surface area contributed by atoms with Crippen LogP contribution in [0.3, 0.4) is 0 Å². The summed E-state index contributed by atoms with van der Waals surface area (Å²) in [6, 6.07) is 3.81. The number of hydrogen-bond donors (Lipinski definition) is 1. The molecule has 0 amide bonds. The van der Waals surface area contributed by atoms with Gasteiger partial charge in [-0.25, -0.2) is 4.98 Å². The summed E-state index contributed by atoms with van der Waals surface area (Å²) < 4.78 is 6.18. The minimum Gasteiger partial charge on any atom is -0.473 e. The topological polar surface area (TPSA) is 48.1 Å². The van der Waals surface area contributed by atoms with Crippen molar-refractivity contribution < 1.29 is 4.74 Å². The molecule has 0 radical (unpaired) electrons. The van der Waals surface area contributed by atoms with Crippen molar-refractivity contribution in [3.05, 3.63) is 17.8 Å². The third-order valence-corrected chi connectivity index (χ3v) is 4.25. The normalized spacial score (nSPS) is 27.5. The monoisotopic (exact) mass is 262 g/mol. The van der Waals surface area contributed by atoms with Crippen LogP contribution in [-0.2, 0) is 0 Å². The Kier molecular flexibility index (Phi) is 4.33. The van der Waals surface area contributed by atoms with Gasteiger partial charge in [-0.05, 0) is 49.7 Å². The van der Waals surface area contributed by atoms with Crippen LogP contribution < -0.4 is 10.5 Å². The number of pyridine rings is 1. The molecule has 3 nitrogen and oxygen atoms in total. The van der Waals surface area contributed by atoms with Crippen molar-refractivity contribution in [1.29, 1.82) is 0 Å². The van der Waals surface area contributed by atoms with Gasteiger partial charge in [-0.3, -0.25) is 0 Å². The fourth-order valence-electron chi connectivity index (χ4n) is 3.03. The van der Waals surface area contributed by atoms with Crippen LogP contribution in [0.25, 0.3) is 0 Å².